The number of rotatable bonds is 4. The zero-order valence-corrected chi connectivity index (χ0v) is 27.4. The van der Waals surface area contributed by atoms with Gasteiger partial charge in [0, 0.05) is 51.3 Å². The number of para-hydroxylation sites is 3. The fourth-order valence-corrected chi connectivity index (χ4v) is 7.92. The standard InChI is InChI=1S/C46H34N4/c1-2-14-32-28-35(24-23-31(32)13-1)50-43-21-7-4-16-38(43)45-37-15-3-6-20-42(37)49(44-22-8-5-17-39(44)46(45)50)36-29-33(40-18-9-11-25-47-40)27-34(30-36)41-19-10-12-26-48-41/h1-25,27-30,40,47-48H,26H2. The second-order valence-electron chi connectivity index (χ2n) is 13.1. The Morgan fingerprint density at radius 3 is 2.24 bits per heavy atom. The van der Waals surface area contributed by atoms with Crippen LogP contribution < -0.4 is 15.5 Å². The molecule has 0 saturated heterocycles. The van der Waals surface area contributed by atoms with Gasteiger partial charge in [0.2, 0.25) is 0 Å². The molecule has 238 valence electrons. The Balaban J connectivity index is 1.28. The van der Waals surface area contributed by atoms with Crippen molar-refractivity contribution >= 4 is 44.4 Å². The van der Waals surface area contributed by atoms with Crippen LogP contribution in [0.25, 0.3) is 55.4 Å². The lowest BCUT2D eigenvalue weighted by Crippen LogP contribution is -2.19. The smallest absolute Gasteiger partial charge is 0.0696 e. The second-order valence-corrected chi connectivity index (χ2v) is 13.1. The van der Waals surface area contributed by atoms with E-state index >= 15 is 0 Å². The molecule has 50 heavy (non-hydrogen) atoms. The monoisotopic (exact) mass is 642 g/mol. The Kier molecular flexibility index (Phi) is 6.59. The summed E-state index contributed by atoms with van der Waals surface area (Å²) in [6.07, 6.45) is 14.9. The van der Waals surface area contributed by atoms with E-state index in [2.05, 4.69) is 184 Å². The summed E-state index contributed by atoms with van der Waals surface area (Å²) in [5.74, 6) is 0. The third-order valence-corrected chi connectivity index (χ3v) is 10.1. The van der Waals surface area contributed by atoms with Crippen LogP contribution in [-0.2, 0) is 0 Å². The average molecular weight is 643 g/mol. The van der Waals surface area contributed by atoms with Crippen LogP contribution in [-0.4, -0.2) is 11.1 Å². The van der Waals surface area contributed by atoms with Crippen LogP contribution in [0.5, 0.6) is 0 Å². The van der Waals surface area contributed by atoms with Crippen molar-refractivity contribution in [3.8, 4) is 28.1 Å². The van der Waals surface area contributed by atoms with Crippen molar-refractivity contribution in [3.05, 3.63) is 187 Å². The molecule has 3 aliphatic rings. The van der Waals surface area contributed by atoms with Gasteiger partial charge in [-0.2, -0.15) is 0 Å². The number of hydrogen-bond acceptors (Lipinski definition) is 3. The Bertz CT molecular complexity index is 2600. The van der Waals surface area contributed by atoms with Crippen LogP contribution in [0.1, 0.15) is 17.2 Å². The minimum Gasteiger partial charge on any atom is -0.381 e. The predicted octanol–water partition coefficient (Wildman–Crippen LogP) is 11.1. The van der Waals surface area contributed by atoms with Gasteiger partial charge in [-0.15, -0.1) is 0 Å². The zero-order valence-electron chi connectivity index (χ0n) is 27.4. The van der Waals surface area contributed by atoms with Gasteiger partial charge in [-0.3, -0.25) is 0 Å². The molecular formula is C46H34N4. The molecule has 10 rings (SSSR count). The highest BCUT2D eigenvalue weighted by molar-refractivity contribution is 6.13. The number of allylic oxidation sites excluding steroid dienone is 4. The van der Waals surface area contributed by atoms with E-state index in [0.29, 0.717) is 0 Å². The number of dihydropyridines is 2. The van der Waals surface area contributed by atoms with Gasteiger partial charge in [0.15, 0.2) is 0 Å². The van der Waals surface area contributed by atoms with E-state index in [-0.39, 0.29) is 6.04 Å². The van der Waals surface area contributed by atoms with Gasteiger partial charge in [-0.1, -0.05) is 109 Å². The van der Waals surface area contributed by atoms with Gasteiger partial charge >= 0.3 is 0 Å². The molecule has 0 aliphatic carbocycles. The molecule has 2 N–H and O–H groups in total. The first-order valence-corrected chi connectivity index (χ1v) is 17.3. The largest absolute Gasteiger partial charge is 0.381 e. The molecular weight excluding hydrogens is 609 g/mol. The number of benzene rings is 6. The molecule has 3 aliphatic heterocycles. The molecule has 0 fully saturated rings. The first-order chi connectivity index (χ1) is 24.8. The molecule has 0 amide bonds. The Morgan fingerprint density at radius 1 is 0.620 bits per heavy atom. The van der Waals surface area contributed by atoms with Gasteiger partial charge < -0.3 is 20.1 Å². The average Bonchev–Trinajstić information content (AvgIpc) is 3.47. The van der Waals surface area contributed by atoms with Crippen molar-refractivity contribution in [3.63, 3.8) is 0 Å². The molecule has 1 unspecified atom stereocenters. The topological polar surface area (TPSA) is 32.2 Å². The normalized spacial score (nSPS) is 15.9. The quantitative estimate of drug-likeness (QED) is 0.200. The minimum atomic E-state index is 0.0642. The number of anilines is 3. The van der Waals surface area contributed by atoms with Gasteiger partial charge in [0.25, 0.3) is 0 Å². The molecule has 1 atom stereocenters. The summed E-state index contributed by atoms with van der Waals surface area (Å²) in [6.45, 7) is 0.811. The van der Waals surface area contributed by atoms with Crippen molar-refractivity contribution < 1.29 is 0 Å². The maximum atomic E-state index is 3.61. The van der Waals surface area contributed by atoms with E-state index < -0.39 is 0 Å². The third-order valence-electron chi connectivity index (χ3n) is 10.1. The summed E-state index contributed by atoms with van der Waals surface area (Å²) in [6, 6.07) is 49.2. The first kappa shape index (κ1) is 28.5. The molecule has 0 radical (unpaired) electrons. The van der Waals surface area contributed by atoms with E-state index in [1.54, 1.807) is 0 Å². The summed E-state index contributed by atoms with van der Waals surface area (Å²) >= 11 is 0. The van der Waals surface area contributed by atoms with Crippen LogP contribution in [0.4, 0.5) is 17.1 Å². The zero-order chi connectivity index (χ0) is 33.0. The van der Waals surface area contributed by atoms with E-state index in [0.717, 1.165) is 40.6 Å². The predicted molar refractivity (Wildman–Crippen MR) is 209 cm³/mol. The first-order valence-electron chi connectivity index (χ1n) is 17.3. The molecule has 1 aromatic heterocycles. The molecule has 6 aromatic carbocycles. The maximum Gasteiger partial charge on any atom is 0.0696 e. The van der Waals surface area contributed by atoms with Crippen molar-refractivity contribution in [1.82, 2.24) is 15.2 Å². The Hall–Kier alpha value is -6.52. The maximum absolute atomic E-state index is 3.61. The lowest BCUT2D eigenvalue weighted by Gasteiger charge is -2.30. The fourth-order valence-electron chi connectivity index (χ4n) is 7.92. The van der Waals surface area contributed by atoms with Crippen LogP contribution >= 0.6 is 0 Å². The number of aromatic nitrogens is 1. The number of nitrogens with zero attached hydrogens (tertiary/aromatic N) is 2. The highest BCUT2D eigenvalue weighted by atomic mass is 15.2. The Morgan fingerprint density at radius 2 is 1.40 bits per heavy atom. The van der Waals surface area contributed by atoms with E-state index in [4.69, 9.17) is 0 Å². The molecule has 4 nitrogen and oxygen atoms in total. The molecule has 7 aromatic rings. The van der Waals surface area contributed by atoms with Crippen molar-refractivity contribution in [2.24, 2.45) is 0 Å². The molecule has 0 bridgehead atoms. The number of nitrogens with one attached hydrogen (secondary N) is 2. The Labute approximate surface area is 291 Å². The summed E-state index contributed by atoms with van der Waals surface area (Å²) in [5, 5.41) is 10.9. The van der Waals surface area contributed by atoms with Crippen molar-refractivity contribution in [1.29, 1.82) is 0 Å². The van der Waals surface area contributed by atoms with Crippen molar-refractivity contribution in [2.75, 3.05) is 11.4 Å². The van der Waals surface area contributed by atoms with E-state index in [1.807, 2.05) is 12.3 Å². The summed E-state index contributed by atoms with van der Waals surface area (Å²) in [4.78, 5) is 2.47. The van der Waals surface area contributed by atoms with Crippen LogP contribution in [0.2, 0.25) is 0 Å². The summed E-state index contributed by atoms with van der Waals surface area (Å²) in [7, 11) is 0. The number of hydrogen-bond donors (Lipinski definition) is 2. The van der Waals surface area contributed by atoms with E-state index in [1.165, 1.54) is 49.6 Å². The lowest BCUT2D eigenvalue weighted by atomic mass is 9.97. The molecule has 0 saturated carbocycles. The molecule has 4 heterocycles. The lowest BCUT2D eigenvalue weighted by molar-refractivity contribution is 0.746. The molecule has 0 spiro atoms. The van der Waals surface area contributed by atoms with E-state index in [9.17, 15) is 0 Å². The third kappa shape index (κ3) is 4.53. The van der Waals surface area contributed by atoms with Gasteiger partial charge in [0.05, 0.1) is 28.6 Å². The van der Waals surface area contributed by atoms with Crippen LogP contribution in [0.15, 0.2) is 176 Å². The van der Waals surface area contributed by atoms with Gasteiger partial charge in [0.1, 0.15) is 0 Å². The second kappa shape index (κ2) is 11.6. The fraction of sp³-hybridized carbons (Fsp3) is 0.0435. The number of fused-ring (bicyclic) bond motifs is 8. The van der Waals surface area contributed by atoms with Gasteiger partial charge in [-0.25, -0.2) is 0 Å². The highest BCUT2D eigenvalue weighted by Crippen LogP contribution is 2.54. The van der Waals surface area contributed by atoms with Gasteiger partial charge in [-0.05, 0) is 83.2 Å². The van der Waals surface area contributed by atoms with Crippen LogP contribution in [0.3, 0.4) is 0 Å². The summed E-state index contributed by atoms with van der Waals surface area (Å²) in [5.41, 5.74) is 14.1. The van der Waals surface area contributed by atoms with Crippen LogP contribution in [0, 0.1) is 0 Å². The SMILES string of the molecule is C1=CCNC(c2cc(C3C=CC=CN3)cc(N3c4ccccc4-c4c(n(-c5ccc6ccccc6c5)c5ccccc45)-c4ccccc43)c2)=C1. The summed E-state index contributed by atoms with van der Waals surface area (Å²) < 4.78 is 2.48. The van der Waals surface area contributed by atoms with Crippen molar-refractivity contribution in [2.45, 2.75) is 6.04 Å². The highest BCUT2D eigenvalue weighted by Gasteiger charge is 2.31. The minimum absolute atomic E-state index is 0.0642. The molecule has 4 heteroatoms.